The predicted octanol–water partition coefficient (Wildman–Crippen LogP) is 4.09. The number of likely N-dealkylation sites (tertiary alicyclic amines) is 1. The Balaban J connectivity index is 0.000000535. The van der Waals surface area contributed by atoms with Crippen molar-refractivity contribution in [2.24, 2.45) is 5.92 Å². The molecule has 220 valence electrons. The number of carboxylic acid groups (broad SMARTS) is 2. The molecule has 0 atom stereocenters. The van der Waals surface area contributed by atoms with Crippen LogP contribution in [-0.4, -0.2) is 78.8 Å². The molecule has 2 saturated heterocycles. The number of aliphatic carboxylic acids is 2. The number of hydrogen-bond acceptors (Lipinski definition) is 7. The summed E-state index contributed by atoms with van der Waals surface area (Å²) in [7, 11) is 0. The minimum Gasteiger partial charge on any atom is -0.473 e. The summed E-state index contributed by atoms with van der Waals surface area (Å²) in [5.41, 5.74) is 3.30. The quantitative estimate of drug-likeness (QED) is 0.328. The summed E-state index contributed by atoms with van der Waals surface area (Å²) in [6, 6.07) is 17.7. The number of benzene rings is 2. The van der Waals surface area contributed by atoms with Crippen LogP contribution in [-0.2, 0) is 22.6 Å². The van der Waals surface area contributed by atoms with Gasteiger partial charge in [-0.05, 0) is 80.6 Å². The molecule has 6 rings (SSSR count). The summed E-state index contributed by atoms with van der Waals surface area (Å²) in [6.45, 7) is 5.10. The van der Waals surface area contributed by atoms with E-state index in [1.165, 1.54) is 25.7 Å². The number of piperidine rings is 2. The largest absolute Gasteiger partial charge is 0.473 e. The van der Waals surface area contributed by atoms with Gasteiger partial charge in [0, 0.05) is 44.5 Å². The van der Waals surface area contributed by atoms with Crippen molar-refractivity contribution < 1.29 is 24.2 Å². The summed E-state index contributed by atoms with van der Waals surface area (Å²) < 4.78 is 15.8. The van der Waals surface area contributed by atoms with Crippen LogP contribution < -0.4 is 4.90 Å². The molecule has 2 aliphatic heterocycles. The number of anilines is 1. The lowest BCUT2D eigenvalue weighted by Gasteiger charge is -2.41. The molecule has 42 heavy (non-hydrogen) atoms. The molecule has 11 heteroatoms. The summed E-state index contributed by atoms with van der Waals surface area (Å²) in [4.78, 5) is 37.1. The van der Waals surface area contributed by atoms with Gasteiger partial charge in [-0.15, -0.1) is 0 Å². The van der Waals surface area contributed by atoms with Gasteiger partial charge in [-0.1, -0.05) is 24.3 Å². The molecule has 2 aromatic heterocycles. The van der Waals surface area contributed by atoms with Gasteiger partial charge in [0.05, 0.1) is 11.0 Å². The second-order valence-electron chi connectivity index (χ2n) is 10.8. The van der Waals surface area contributed by atoms with Crippen molar-refractivity contribution in [3.63, 3.8) is 0 Å². The number of imidazole rings is 1. The zero-order valence-corrected chi connectivity index (χ0v) is 23.3. The summed E-state index contributed by atoms with van der Waals surface area (Å²) in [5, 5.41) is 14.8. The van der Waals surface area contributed by atoms with Gasteiger partial charge in [-0.3, -0.25) is 0 Å². The maximum absolute atomic E-state index is 13.4. The fourth-order valence-corrected chi connectivity index (χ4v) is 5.90. The summed E-state index contributed by atoms with van der Waals surface area (Å²) in [6.07, 6.45) is 9.42. The predicted molar refractivity (Wildman–Crippen MR) is 156 cm³/mol. The standard InChI is InChI=1S/C29H33FN6.C2H2O4/c30-24-8-6-23(7-9-24)21-36-27-5-2-1-4-26(27)33-28(36)20-22-10-16-34(17-11-22)25-12-18-35(19-13-25)29-31-14-3-15-32-29;3-1(4)2(5)6/h1-9,14-15,22,25H,10-13,16-21H2;(H,3,4)(H,5,6). The highest BCUT2D eigenvalue weighted by Crippen LogP contribution is 2.28. The van der Waals surface area contributed by atoms with E-state index in [2.05, 4.69) is 48.6 Å². The third-order valence-electron chi connectivity index (χ3n) is 8.11. The molecule has 0 radical (unpaired) electrons. The molecule has 10 nitrogen and oxygen atoms in total. The van der Waals surface area contributed by atoms with Crippen molar-refractivity contribution in [1.82, 2.24) is 24.4 Å². The number of para-hydroxylation sites is 2. The van der Waals surface area contributed by atoms with Gasteiger partial charge in [-0.2, -0.15) is 0 Å². The minimum absolute atomic E-state index is 0.194. The first-order valence-corrected chi connectivity index (χ1v) is 14.3. The van der Waals surface area contributed by atoms with Crippen LogP contribution in [0.1, 0.15) is 37.1 Å². The van der Waals surface area contributed by atoms with E-state index in [1.807, 2.05) is 30.6 Å². The first-order chi connectivity index (χ1) is 20.4. The van der Waals surface area contributed by atoms with Crippen LogP contribution in [0.3, 0.4) is 0 Å². The van der Waals surface area contributed by atoms with E-state index in [0.717, 1.165) is 67.5 Å². The van der Waals surface area contributed by atoms with Crippen LogP contribution in [0.15, 0.2) is 67.0 Å². The van der Waals surface area contributed by atoms with Crippen LogP contribution in [0.2, 0.25) is 0 Å². The Morgan fingerprint density at radius 3 is 2.12 bits per heavy atom. The zero-order valence-electron chi connectivity index (χ0n) is 23.3. The molecule has 0 amide bonds. The van der Waals surface area contributed by atoms with Crippen LogP contribution >= 0.6 is 0 Å². The SMILES string of the molecule is Fc1ccc(Cn2c(CC3CCN(C4CCN(c5ncccn5)CC4)CC3)nc3ccccc32)cc1.O=C(O)C(=O)O. The summed E-state index contributed by atoms with van der Waals surface area (Å²) in [5.74, 6) is -1.19. The molecule has 4 heterocycles. The average Bonchev–Trinajstić information content (AvgIpc) is 3.36. The number of aromatic nitrogens is 4. The summed E-state index contributed by atoms with van der Waals surface area (Å²) >= 11 is 0. The Labute approximate surface area is 243 Å². The zero-order chi connectivity index (χ0) is 29.5. The van der Waals surface area contributed by atoms with Crippen molar-refractivity contribution in [2.75, 3.05) is 31.1 Å². The highest BCUT2D eigenvalue weighted by atomic mass is 19.1. The smallest absolute Gasteiger partial charge is 0.414 e. The lowest BCUT2D eigenvalue weighted by atomic mass is 9.91. The van der Waals surface area contributed by atoms with Crippen LogP contribution in [0, 0.1) is 11.7 Å². The second kappa shape index (κ2) is 13.5. The fourth-order valence-electron chi connectivity index (χ4n) is 5.90. The molecule has 2 N–H and O–H groups in total. The van der Waals surface area contributed by atoms with Crippen LogP contribution in [0.25, 0.3) is 11.0 Å². The normalized spacial score (nSPS) is 16.6. The maximum Gasteiger partial charge on any atom is 0.414 e. The molecule has 2 aliphatic rings. The number of hydrogen-bond donors (Lipinski definition) is 2. The maximum atomic E-state index is 13.4. The Morgan fingerprint density at radius 1 is 0.833 bits per heavy atom. The first kappa shape index (κ1) is 29.1. The molecule has 0 aliphatic carbocycles. The lowest BCUT2D eigenvalue weighted by Crippen LogP contribution is -2.48. The number of nitrogens with zero attached hydrogens (tertiary/aromatic N) is 6. The topological polar surface area (TPSA) is 125 Å². The van der Waals surface area contributed by atoms with Gasteiger partial charge < -0.3 is 24.6 Å². The second-order valence-corrected chi connectivity index (χ2v) is 10.8. The van der Waals surface area contributed by atoms with Crippen LogP contribution in [0.4, 0.5) is 10.3 Å². The Hall–Kier alpha value is -4.38. The molecule has 0 spiro atoms. The number of halogens is 1. The van der Waals surface area contributed by atoms with Crippen molar-refractivity contribution in [3.8, 4) is 0 Å². The number of carboxylic acids is 2. The fraction of sp³-hybridized carbons (Fsp3) is 0.387. The highest BCUT2D eigenvalue weighted by Gasteiger charge is 2.29. The number of carbonyl (C=O) groups is 2. The first-order valence-electron chi connectivity index (χ1n) is 14.3. The molecule has 0 bridgehead atoms. The van der Waals surface area contributed by atoms with Crippen LogP contribution in [0.5, 0.6) is 0 Å². The molecule has 0 saturated carbocycles. The molecule has 2 fully saturated rings. The van der Waals surface area contributed by atoms with E-state index in [1.54, 1.807) is 12.1 Å². The van der Waals surface area contributed by atoms with E-state index in [4.69, 9.17) is 24.8 Å². The lowest BCUT2D eigenvalue weighted by molar-refractivity contribution is -0.159. The number of rotatable bonds is 6. The van der Waals surface area contributed by atoms with Gasteiger partial charge in [0.15, 0.2) is 0 Å². The highest BCUT2D eigenvalue weighted by molar-refractivity contribution is 6.27. The van der Waals surface area contributed by atoms with Gasteiger partial charge in [0.2, 0.25) is 5.95 Å². The van der Waals surface area contributed by atoms with Crippen molar-refractivity contribution in [3.05, 3.63) is 84.2 Å². The molecule has 0 unspecified atom stereocenters. The number of fused-ring (bicyclic) bond motifs is 1. The van der Waals surface area contributed by atoms with Crippen molar-refractivity contribution in [1.29, 1.82) is 0 Å². The van der Waals surface area contributed by atoms with E-state index in [-0.39, 0.29) is 5.82 Å². The van der Waals surface area contributed by atoms with Crippen molar-refractivity contribution in [2.45, 2.75) is 44.7 Å². The monoisotopic (exact) mass is 574 g/mol. The van der Waals surface area contributed by atoms with E-state index < -0.39 is 11.9 Å². The Kier molecular flexibility index (Phi) is 9.38. The van der Waals surface area contributed by atoms with Crippen molar-refractivity contribution >= 4 is 28.9 Å². The van der Waals surface area contributed by atoms with Gasteiger partial charge >= 0.3 is 11.9 Å². The average molecular weight is 575 g/mol. The molecular weight excluding hydrogens is 539 g/mol. The van der Waals surface area contributed by atoms with E-state index >= 15 is 0 Å². The molecular formula is C31H35FN6O4. The van der Waals surface area contributed by atoms with Gasteiger partial charge in [-0.25, -0.2) is 28.9 Å². The van der Waals surface area contributed by atoms with Gasteiger partial charge in [0.25, 0.3) is 0 Å². The van der Waals surface area contributed by atoms with Gasteiger partial charge in [0.1, 0.15) is 11.6 Å². The Morgan fingerprint density at radius 2 is 1.48 bits per heavy atom. The minimum atomic E-state index is -1.82. The third kappa shape index (κ3) is 7.27. The third-order valence-corrected chi connectivity index (χ3v) is 8.11. The van der Waals surface area contributed by atoms with E-state index in [0.29, 0.717) is 12.0 Å². The van der Waals surface area contributed by atoms with E-state index in [9.17, 15) is 4.39 Å². The Bertz CT molecular complexity index is 1470. The molecule has 4 aromatic rings. The molecule has 2 aromatic carbocycles.